The maximum absolute atomic E-state index is 12.6. The number of carbonyl (C=O) groups excluding carboxylic acids is 1. The fraction of sp³-hybridized carbons (Fsp3) is 0.500. The smallest absolute Gasteiger partial charge is 0.252 e. The maximum atomic E-state index is 12.6. The lowest BCUT2D eigenvalue weighted by Gasteiger charge is -2.21. The van der Waals surface area contributed by atoms with E-state index in [9.17, 15) is 22.0 Å². The molecule has 1 aromatic carbocycles. The summed E-state index contributed by atoms with van der Waals surface area (Å²) in [6.45, 7) is 0.871. The number of hydrogen-bond acceptors (Lipinski definition) is 3. The van der Waals surface area contributed by atoms with Crippen molar-refractivity contribution in [3.63, 3.8) is 0 Å². The third-order valence-corrected chi connectivity index (χ3v) is 5.27. The third kappa shape index (κ3) is 3.65. The van der Waals surface area contributed by atoms with Gasteiger partial charge >= 0.3 is 0 Å². The van der Waals surface area contributed by atoms with Crippen molar-refractivity contribution in [1.82, 2.24) is 4.31 Å². The van der Waals surface area contributed by atoms with Crippen molar-refractivity contribution in [2.24, 2.45) is 0 Å². The van der Waals surface area contributed by atoms with Gasteiger partial charge in [0.15, 0.2) is 5.78 Å². The third-order valence-electron chi connectivity index (χ3n) is 3.36. The molecule has 0 N–H and O–H groups in total. The van der Waals surface area contributed by atoms with Crippen molar-refractivity contribution in [3.05, 3.63) is 29.8 Å². The molecule has 1 aromatic rings. The van der Waals surface area contributed by atoms with E-state index < -0.39 is 23.0 Å². The normalized spacial score (nSPS) is 15.7. The Bertz CT molecular complexity index is 627. The molecule has 116 valence electrons. The summed E-state index contributed by atoms with van der Waals surface area (Å²) in [6, 6.07) is 5.24. The average Bonchev–Trinajstić information content (AvgIpc) is 3.28. The van der Waals surface area contributed by atoms with Crippen molar-refractivity contribution < 1.29 is 22.0 Å². The summed E-state index contributed by atoms with van der Waals surface area (Å²) < 4.78 is 51.1. The molecule has 1 aliphatic carbocycles. The van der Waals surface area contributed by atoms with Gasteiger partial charge in [0.1, 0.15) is 0 Å². The van der Waals surface area contributed by atoms with E-state index in [-0.39, 0.29) is 28.7 Å². The largest absolute Gasteiger partial charge is 0.294 e. The molecule has 2 rings (SSSR count). The number of alkyl halides is 2. The molecule has 0 atom stereocenters. The zero-order valence-electron chi connectivity index (χ0n) is 11.6. The van der Waals surface area contributed by atoms with Crippen molar-refractivity contribution in [3.8, 4) is 0 Å². The number of nitrogens with zero attached hydrogens (tertiary/aromatic N) is 1. The Kier molecular flexibility index (Phi) is 4.73. The molecular formula is C14H17F2NO3S. The summed E-state index contributed by atoms with van der Waals surface area (Å²) in [7, 11) is -4.00. The zero-order valence-corrected chi connectivity index (χ0v) is 12.4. The maximum Gasteiger partial charge on any atom is 0.252 e. The molecule has 0 aromatic heterocycles. The Labute approximate surface area is 122 Å². The van der Waals surface area contributed by atoms with Crippen LogP contribution >= 0.6 is 0 Å². The minimum atomic E-state index is -4.00. The number of halogens is 2. The Balaban J connectivity index is 2.35. The highest BCUT2D eigenvalue weighted by Gasteiger charge is 2.39. The minimum Gasteiger partial charge on any atom is -0.294 e. The van der Waals surface area contributed by atoms with Gasteiger partial charge in [-0.1, -0.05) is 19.1 Å². The van der Waals surface area contributed by atoms with Gasteiger partial charge in [-0.05, 0) is 25.0 Å². The SMILES string of the molecule is CCC(=O)c1cccc(S(=O)(=O)N(CC(F)F)C2CC2)c1. The van der Waals surface area contributed by atoms with Crippen LogP contribution in [-0.4, -0.2) is 37.5 Å². The van der Waals surface area contributed by atoms with Crippen LogP contribution in [0.15, 0.2) is 29.2 Å². The Hall–Kier alpha value is -1.34. The number of ketones is 1. The molecule has 1 aliphatic rings. The molecular weight excluding hydrogens is 300 g/mol. The van der Waals surface area contributed by atoms with Gasteiger partial charge in [-0.3, -0.25) is 4.79 Å². The van der Waals surface area contributed by atoms with Crippen LogP contribution in [0.2, 0.25) is 0 Å². The second-order valence-corrected chi connectivity index (χ2v) is 6.89. The van der Waals surface area contributed by atoms with Crippen LogP contribution in [0.1, 0.15) is 36.5 Å². The summed E-state index contributed by atoms with van der Waals surface area (Å²) in [5, 5.41) is 0. The van der Waals surface area contributed by atoms with Crippen LogP contribution in [-0.2, 0) is 10.0 Å². The molecule has 4 nitrogen and oxygen atoms in total. The van der Waals surface area contributed by atoms with Crippen LogP contribution in [0.25, 0.3) is 0 Å². The lowest BCUT2D eigenvalue weighted by atomic mass is 10.1. The van der Waals surface area contributed by atoms with Crippen LogP contribution in [0, 0.1) is 0 Å². The fourth-order valence-electron chi connectivity index (χ4n) is 2.11. The lowest BCUT2D eigenvalue weighted by molar-refractivity contribution is 0.0987. The van der Waals surface area contributed by atoms with E-state index in [4.69, 9.17) is 0 Å². The topological polar surface area (TPSA) is 54.5 Å². The average molecular weight is 317 g/mol. The number of rotatable bonds is 7. The van der Waals surface area contributed by atoms with E-state index >= 15 is 0 Å². The number of Topliss-reactive ketones (excluding diaryl/α,β-unsaturated/α-hetero) is 1. The standard InChI is InChI=1S/C14H17F2NO3S/c1-2-13(18)10-4-3-5-12(8-10)21(19,20)17(9-14(15)16)11-6-7-11/h3-5,8,11,14H,2,6-7,9H2,1H3. The fourth-order valence-corrected chi connectivity index (χ4v) is 3.82. The summed E-state index contributed by atoms with van der Waals surface area (Å²) >= 11 is 0. The molecule has 21 heavy (non-hydrogen) atoms. The second kappa shape index (κ2) is 6.19. The number of sulfonamides is 1. The zero-order chi connectivity index (χ0) is 15.6. The monoisotopic (exact) mass is 317 g/mol. The Morgan fingerprint density at radius 1 is 1.38 bits per heavy atom. The summed E-state index contributed by atoms with van der Waals surface area (Å²) in [6.07, 6.45) is -1.27. The number of benzene rings is 1. The van der Waals surface area contributed by atoms with E-state index in [0.717, 1.165) is 4.31 Å². The molecule has 0 spiro atoms. The highest BCUT2D eigenvalue weighted by atomic mass is 32.2. The van der Waals surface area contributed by atoms with Crippen LogP contribution in [0.3, 0.4) is 0 Å². The van der Waals surface area contributed by atoms with Gasteiger partial charge in [0.2, 0.25) is 10.0 Å². The predicted octanol–water partition coefficient (Wildman–Crippen LogP) is 2.70. The summed E-state index contributed by atoms with van der Waals surface area (Å²) in [5.74, 6) is -0.182. The molecule has 7 heteroatoms. The second-order valence-electron chi connectivity index (χ2n) is 5.00. The van der Waals surface area contributed by atoms with Gasteiger partial charge in [-0.2, -0.15) is 4.31 Å². The van der Waals surface area contributed by atoms with Gasteiger partial charge in [-0.15, -0.1) is 0 Å². The van der Waals surface area contributed by atoms with Crippen LogP contribution in [0.4, 0.5) is 8.78 Å². The van der Waals surface area contributed by atoms with Crippen LogP contribution < -0.4 is 0 Å². The van der Waals surface area contributed by atoms with E-state index in [2.05, 4.69) is 0 Å². The van der Waals surface area contributed by atoms with E-state index in [1.165, 1.54) is 24.3 Å². The lowest BCUT2D eigenvalue weighted by Crippen LogP contribution is -2.37. The summed E-state index contributed by atoms with van der Waals surface area (Å²) in [5.41, 5.74) is 0.284. The summed E-state index contributed by atoms with van der Waals surface area (Å²) in [4.78, 5) is 11.6. The molecule has 0 heterocycles. The predicted molar refractivity (Wildman–Crippen MR) is 74.0 cm³/mol. The van der Waals surface area contributed by atoms with Crippen molar-refractivity contribution in [2.45, 2.75) is 43.5 Å². The first kappa shape index (κ1) is 16.0. The molecule has 1 fully saturated rings. The molecule has 0 bridgehead atoms. The van der Waals surface area contributed by atoms with Crippen molar-refractivity contribution >= 4 is 15.8 Å². The quantitative estimate of drug-likeness (QED) is 0.727. The molecule has 0 radical (unpaired) electrons. The Morgan fingerprint density at radius 3 is 2.57 bits per heavy atom. The van der Waals surface area contributed by atoms with E-state index in [0.29, 0.717) is 12.8 Å². The highest BCUT2D eigenvalue weighted by Crippen LogP contribution is 2.32. The van der Waals surface area contributed by atoms with Gasteiger partial charge in [0.25, 0.3) is 6.43 Å². The van der Waals surface area contributed by atoms with Gasteiger partial charge in [-0.25, -0.2) is 17.2 Å². The first-order valence-corrected chi connectivity index (χ1v) is 8.23. The van der Waals surface area contributed by atoms with Gasteiger partial charge in [0, 0.05) is 18.0 Å². The van der Waals surface area contributed by atoms with Crippen LogP contribution in [0.5, 0.6) is 0 Å². The Morgan fingerprint density at radius 2 is 2.05 bits per heavy atom. The molecule has 1 saturated carbocycles. The minimum absolute atomic E-state index is 0.102. The molecule has 0 aliphatic heterocycles. The molecule has 0 unspecified atom stereocenters. The molecule has 0 saturated heterocycles. The number of hydrogen-bond donors (Lipinski definition) is 0. The highest BCUT2D eigenvalue weighted by molar-refractivity contribution is 7.89. The van der Waals surface area contributed by atoms with Crippen molar-refractivity contribution in [2.75, 3.05) is 6.54 Å². The van der Waals surface area contributed by atoms with E-state index in [1.807, 2.05) is 0 Å². The first-order valence-electron chi connectivity index (χ1n) is 6.79. The first-order chi connectivity index (χ1) is 9.86. The molecule has 0 amide bonds. The van der Waals surface area contributed by atoms with Crippen molar-refractivity contribution in [1.29, 1.82) is 0 Å². The van der Waals surface area contributed by atoms with E-state index in [1.54, 1.807) is 6.92 Å². The van der Waals surface area contributed by atoms with Gasteiger partial charge < -0.3 is 0 Å². The van der Waals surface area contributed by atoms with Gasteiger partial charge in [0.05, 0.1) is 11.4 Å². The number of carbonyl (C=O) groups is 1.